The molecule has 0 aromatic rings. The summed E-state index contributed by atoms with van der Waals surface area (Å²) in [5.41, 5.74) is 0. The van der Waals surface area contributed by atoms with Crippen LogP contribution in [-0.2, 0) is 0 Å². The molecule has 0 spiro atoms. The van der Waals surface area contributed by atoms with Gasteiger partial charge in [0, 0.05) is 0 Å². The minimum absolute atomic E-state index is 0.313. The molecule has 0 amide bonds. The van der Waals surface area contributed by atoms with E-state index in [1.165, 1.54) is 19.3 Å². The highest BCUT2D eigenvalue weighted by Crippen LogP contribution is 2.23. The van der Waals surface area contributed by atoms with Crippen LogP contribution in [0.4, 0.5) is 0 Å². The van der Waals surface area contributed by atoms with Gasteiger partial charge in [-0.3, -0.25) is 0 Å². The Morgan fingerprint density at radius 3 is 2.42 bits per heavy atom. The lowest BCUT2D eigenvalue weighted by Gasteiger charge is -2.17. The van der Waals surface area contributed by atoms with Gasteiger partial charge in [0.15, 0.2) is 0 Å². The van der Waals surface area contributed by atoms with Gasteiger partial charge < -0.3 is 0 Å². The first kappa shape index (κ1) is 12.2. The second kappa shape index (κ2) is 5.75. The van der Waals surface area contributed by atoms with Gasteiger partial charge in [-0.25, -0.2) is 0 Å². The second-order valence-electron chi connectivity index (χ2n) is 4.01. The van der Waals surface area contributed by atoms with E-state index >= 15 is 0 Å². The van der Waals surface area contributed by atoms with E-state index in [1.54, 1.807) is 0 Å². The van der Waals surface area contributed by atoms with Gasteiger partial charge in [0.25, 0.3) is 0 Å². The molecule has 12 heavy (non-hydrogen) atoms. The molecule has 0 aromatic carbocycles. The molecule has 0 fully saturated rings. The Bertz CT molecular complexity index is 136. The summed E-state index contributed by atoms with van der Waals surface area (Å²) in [4.78, 5) is 0. The van der Waals surface area contributed by atoms with Gasteiger partial charge >= 0.3 is 0 Å². The van der Waals surface area contributed by atoms with Crippen molar-refractivity contribution in [1.29, 1.82) is 0 Å². The van der Waals surface area contributed by atoms with E-state index in [9.17, 15) is 0 Å². The molecular formula is C11H23P. The maximum atomic E-state index is 2.90. The zero-order valence-electron chi connectivity index (χ0n) is 8.93. The van der Waals surface area contributed by atoms with Crippen LogP contribution in [0.25, 0.3) is 0 Å². The van der Waals surface area contributed by atoms with Crippen molar-refractivity contribution >= 4 is 9.24 Å². The Morgan fingerprint density at radius 2 is 2.00 bits per heavy atom. The summed E-state index contributed by atoms with van der Waals surface area (Å²) in [6.45, 7) is 9.03. The second-order valence-corrected chi connectivity index (χ2v) is 5.33. The van der Waals surface area contributed by atoms with Gasteiger partial charge in [0.05, 0.1) is 0 Å². The fourth-order valence-electron chi connectivity index (χ4n) is 0.854. The zero-order valence-corrected chi connectivity index (χ0v) is 10.1. The van der Waals surface area contributed by atoms with Crippen molar-refractivity contribution < 1.29 is 0 Å². The molecule has 3 atom stereocenters. The highest BCUT2D eigenvalue weighted by molar-refractivity contribution is 7.19. The smallest absolute Gasteiger partial charge is 0.000374 e. The van der Waals surface area contributed by atoms with Gasteiger partial charge in [-0.1, -0.05) is 46.3 Å². The van der Waals surface area contributed by atoms with E-state index in [4.69, 9.17) is 0 Å². The van der Waals surface area contributed by atoms with Crippen LogP contribution in [-0.4, -0.2) is 5.16 Å². The van der Waals surface area contributed by atoms with Gasteiger partial charge in [0.2, 0.25) is 0 Å². The molecule has 0 rings (SSSR count). The maximum Gasteiger partial charge on any atom is -0.000374 e. The lowest BCUT2D eigenvalue weighted by molar-refractivity contribution is 0.569. The summed E-state index contributed by atoms with van der Waals surface area (Å²) >= 11 is 0. The number of allylic oxidation sites excluding steroid dienone is 2. The standard InChI is InChI=1S/C11H23P/c1-5-10(3)8-7-9-11(4,12)6-2/h7,9-10H,5-6,8,12H2,1-4H3/b9-7+. The van der Waals surface area contributed by atoms with Crippen LogP contribution in [0.15, 0.2) is 12.2 Å². The van der Waals surface area contributed by atoms with Crippen LogP contribution in [0.5, 0.6) is 0 Å². The molecule has 0 radical (unpaired) electrons. The first-order chi connectivity index (χ1) is 5.52. The van der Waals surface area contributed by atoms with Gasteiger partial charge in [-0.05, 0) is 23.9 Å². The highest BCUT2D eigenvalue weighted by atomic mass is 31.0. The molecule has 0 nitrogen and oxygen atoms in total. The number of rotatable bonds is 5. The molecular weight excluding hydrogens is 163 g/mol. The molecule has 0 aliphatic heterocycles. The zero-order chi connectivity index (χ0) is 9.61. The molecule has 0 aliphatic carbocycles. The predicted octanol–water partition coefficient (Wildman–Crippen LogP) is 4.02. The van der Waals surface area contributed by atoms with Crippen LogP contribution < -0.4 is 0 Å². The summed E-state index contributed by atoms with van der Waals surface area (Å²) < 4.78 is 0. The average Bonchev–Trinajstić information content (AvgIpc) is 2.04. The highest BCUT2D eigenvalue weighted by Gasteiger charge is 2.09. The minimum atomic E-state index is 0.313. The lowest BCUT2D eigenvalue weighted by Crippen LogP contribution is -2.08. The fraction of sp³-hybridized carbons (Fsp3) is 0.818. The monoisotopic (exact) mass is 186 g/mol. The van der Waals surface area contributed by atoms with Gasteiger partial charge in [0.1, 0.15) is 0 Å². The average molecular weight is 186 g/mol. The van der Waals surface area contributed by atoms with Gasteiger partial charge in [-0.15, -0.1) is 9.24 Å². The minimum Gasteiger partial charge on any atom is -0.127 e. The third kappa shape index (κ3) is 5.77. The van der Waals surface area contributed by atoms with Crippen LogP contribution in [0.2, 0.25) is 0 Å². The van der Waals surface area contributed by atoms with E-state index < -0.39 is 0 Å². The molecule has 0 aromatic heterocycles. The van der Waals surface area contributed by atoms with Crippen molar-refractivity contribution in [3.05, 3.63) is 12.2 Å². The van der Waals surface area contributed by atoms with E-state index in [2.05, 4.69) is 49.1 Å². The quantitative estimate of drug-likeness (QED) is 0.449. The topological polar surface area (TPSA) is 0 Å². The molecule has 0 N–H and O–H groups in total. The van der Waals surface area contributed by atoms with Crippen molar-refractivity contribution in [3.63, 3.8) is 0 Å². The Morgan fingerprint density at radius 1 is 1.42 bits per heavy atom. The van der Waals surface area contributed by atoms with Gasteiger partial charge in [-0.2, -0.15) is 0 Å². The third-order valence-corrected chi connectivity index (χ3v) is 3.10. The number of hydrogen-bond donors (Lipinski definition) is 0. The Labute approximate surface area is 80.0 Å². The van der Waals surface area contributed by atoms with Crippen molar-refractivity contribution in [1.82, 2.24) is 0 Å². The Balaban J connectivity index is 3.75. The number of hydrogen-bond acceptors (Lipinski definition) is 0. The first-order valence-corrected chi connectivity index (χ1v) is 5.56. The Kier molecular flexibility index (Phi) is 5.84. The summed E-state index contributed by atoms with van der Waals surface area (Å²) in [5, 5.41) is 0.313. The maximum absolute atomic E-state index is 2.90. The van der Waals surface area contributed by atoms with E-state index in [0.717, 1.165) is 5.92 Å². The predicted molar refractivity (Wildman–Crippen MR) is 61.6 cm³/mol. The molecule has 1 heteroatoms. The molecule has 3 unspecified atom stereocenters. The van der Waals surface area contributed by atoms with Crippen molar-refractivity contribution in [2.75, 3.05) is 0 Å². The summed E-state index contributed by atoms with van der Waals surface area (Å²) in [6.07, 6.45) is 8.34. The fourth-order valence-corrected chi connectivity index (χ4v) is 0.990. The molecule has 0 saturated carbocycles. The van der Waals surface area contributed by atoms with Crippen molar-refractivity contribution in [2.24, 2.45) is 5.92 Å². The summed E-state index contributed by atoms with van der Waals surface area (Å²) in [5.74, 6) is 0.832. The SMILES string of the molecule is CCC(C)C/C=C/C(C)(P)CC. The molecule has 0 heterocycles. The van der Waals surface area contributed by atoms with Crippen molar-refractivity contribution in [3.8, 4) is 0 Å². The summed E-state index contributed by atoms with van der Waals surface area (Å²) in [7, 11) is 2.90. The summed E-state index contributed by atoms with van der Waals surface area (Å²) in [6, 6.07) is 0. The normalized spacial score (nSPS) is 19.4. The first-order valence-electron chi connectivity index (χ1n) is 4.98. The largest absolute Gasteiger partial charge is 0.127 e. The van der Waals surface area contributed by atoms with E-state index in [-0.39, 0.29) is 0 Å². The van der Waals surface area contributed by atoms with Crippen LogP contribution in [0, 0.1) is 5.92 Å². The van der Waals surface area contributed by atoms with E-state index in [1.807, 2.05) is 0 Å². The van der Waals surface area contributed by atoms with Crippen LogP contribution in [0.3, 0.4) is 0 Å². The van der Waals surface area contributed by atoms with E-state index in [0.29, 0.717) is 5.16 Å². The van der Waals surface area contributed by atoms with Crippen LogP contribution in [0.1, 0.15) is 47.0 Å². The molecule has 0 saturated heterocycles. The van der Waals surface area contributed by atoms with Crippen molar-refractivity contribution in [2.45, 2.75) is 52.1 Å². The molecule has 0 aliphatic rings. The third-order valence-electron chi connectivity index (χ3n) is 2.50. The Hall–Kier alpha value is 0.170. The lowest BCUT2D eigenvalue weighted by atomic mass is 10.0. The van der Waals surface area contributed by atoms with Crippen LogP contribution >= 0.6 is 9.24 Å². The molecule has 72 valence electrons. The molecule has 0 bridgehead atoms.